The molecule has 2 fully saturated rings. The van der Waals surface area contributed by atoms with E-state index in [1.165, 1.54) is 12.8 Å². The standard InChI is InChI=1S/C12H19N5O/c18-12(14-11-5-6-11)10-3-1-9(2-4-10)7-17-8-13-15-16-17/h8-11H,1-7H2,(H,14,18). The summed E-state index contributed by atoms with van der Waals surface area (Å²) in [7, 11) is 0. The highest BCUT2D eigenvalue weighted by Gasteiger charge is 2.30. The quantitative estimate of drug-likeness (QED) is 0.855. The lowest BCUT2D eigenvalue weighted by atomic mass is 9.81. The van der Waals surface area contributed by atoms with E-state index in [2.05, 4.69) is 20.8 Å². The van der Waals surface area contributed by atoms with Crippen molar-refractivity contribution in [2.45, 2.75) is 51.1 Å². The van der Waals surface area contributed by atoms with Crippen LogP contribution in [0.2, 0.25) is 0 Å². The summed E-state index contributed by atoms with van der Waals surface area (Å²) in [4.78, 5) is 11.9. The van der Waals surface area contributed by atoms with E-state index in [9.17, 15) is 4.79 Å². The van der Waals surface area contributed by atoms with Gasteiger partial charge in [0.15, 0.2) is 0 Å². The van der Waals surface area contributed by atoms with Crippen molar-refractivity contribution in [1.82, 2.24) is 25.5 Å². The summed E-state index contributed by atoms with van der Waals surface area (Å²) in [5.74, 6) is 1.12. The molecule has 2 aliphatic carbocycles. The smallest absolute Gasteiger partial charge is 0.223 e. The Hall–Kier alpha value is -1.46. The predicted octanol–water partition coefficient (Wildman–Crippen LogP) is 0.758. The van der Waals surface area contributed by atoms with Gasteiger partial charge in [0.2, 0.25) is 5.91 Å². The van der Waals surface area contributed by atoms with Gasteiger partial charge in [-0.2, -0.15) is 0 Å². The maximum Gasteiger partial charge on any atom is 0.223 e. The van der Waals surface area contributed by atoms with Gasteiger partial charge in [-0.25, -0.2) is 4.68 Å². The molecule has 1 heterocycles. The van der Waals surface area contributed by atoms with E-state index in [-0.39, 0.29) is 11.8 Å². The summed E-state index contributed by atoms with van der Waals surface area (Å²) in [6.45, 7) is 0.879. The van der Waals surface area contributed by atoms with E-state index in [1.54, 1.807) is 11.0 Å². The van der Waals surface area contributed by atoms with Crippen LogP contribution in [0.4, 0.5) is 0 Å². The monoisotopic (exact) mass is 249 g/mol. The van der Waals surface area contributed by atoms with Crippen LogP contribution in [0.5, 0.6) is 0 Å². The van der Waals surface area contributed by atoms with E-state index in [1.807, 2.05) is 0 Å². The molecule has 0 unspecified atom stereocenters. The molecular formula is C12H19N5O. The molecule has 3 rings (SSSR count). The molecule has 2 saturated carbocycles. The zero-order valence-electron chi connectivity index (χ0n) is 10.5. The fourth-order valence-corrected chi connectivity index (χ4v) is 2.68. The largest absolute Gasteiger partial charge is 0.353 e. The predicted molar refractivity (Wildman–Crippen MR) is 64.4 cm³/mol. The molecule has 2 aliphatic rings. The Morgan fingerprint density at radius 3 is 2.61 bits per heavy atom. The van der Waals surface area contributed by atoms with Gasteiger partial charge in [0.05, 0.1) is 0 Å². The van der Waals surface area contributed by atoms with Crippen molar-refractivity contribution in [2.75, 3.05) is 0 Å². The van der Waals surface area contributed by atoms with Crippen molar-refractivity contribution in [3.63, 3.8) is 0 Å². The molecule has 0 radical (unpaired) electrons. The van der Waals surface area contributed by atoms with Crippen molar-refractivity contribution >= 4 is 5.91 Å². The summed E-state index contributed by atoms with van der Waals surface area (Å²) < 4.78 is 1.79. The highest BCUT2D eigenvalue weighted by atomic mass is 16.2. The molecule has 0 bridgehead atoms. The van der Waals surface area contributed by atoms with Gasteiger partial charge >= 0.3 is 0 Å². The number of carbonyl (C=O) groups is 1. The third-order valence-corrected chi connectivity index (χ3v) is 3.98. The molecule has 0 spiro atoms. The van der Waals surface area contributed by atoms with Crippen molar-refractivity contribution in [3.05, 3.63) is 6.33 Å². The molecule has 18 heavy (non-hydrogen) atoms. The first-order valence-electron chi connectivity index (χ1n) is 6.82. The van der Waals surface area contributed by atoms with Crippen molar-refractivity contribution < 1.29 is 4.79 Å². The van der Waals surface area contributed by atoms with E-state index in [0.29, 0.717) is 12.0 Å². The molecular weight excluding hydrogens is 230 g/mol. The number of amides is 1. The van der Waals surface area contributed by atoms with Gasteiger partial charge in [-0.3, -0.25) is 4.79 Å². The van der Waals surface area contributed by atoms with Gasteiger partial charge in [0.25, 0.3) is 0 Å². The second-order valence-electron chi connectivity index (χ2n) is 5.53. The Kier molecular flexibility index (Phi) is 3.25. The average molecular weight is 249 g/mol. The Morgan fingerprint density at radius 2 is 2.00 bits per heavy atom. The highest BCUT2D eigenvalue weighted by Crippen LogP contribution is 2.30. The van der Waals surface area contributed by atoms with Gasteiger partial charge < -0.3 is 5.32 Å². The fraction of sp³-hybridized carbons (Fsp3) is 0.833. The molecule has 6 nitrogen and oxygen atoms in total. The molecule has 1 N–H and O–H groups in total. The van der Waals surface area contributed by atoms with Crippen LogP contribution in [0.15, 0.2) is 6.33 Å². The molecule has 0 aromatic carbocycles. The zero-order valence-corrected chi connectivity index (χ0v) is 10.5. The molecule has 0 atom stereocenters. The third kappa shape index (κ3) is 2.86. The minimum Gasteiger partial charge on any atom is -0.353 e. The van der Waals surface area contributed by atoms with Crippen molar-refractivity contribution in [3.8, 4) is 0 Å². The summed E-state index contributed by atoms with van der Waals surface area (Å²) in [6, 6.07) is 0.483. The lowest BCUT2D eigenvalue weighted by Gasteiger charge is -2.27. The van der Waals surface area contributed by atoms with Gasteiger partial charge in [0, 0.05) is 18.5 Å². The Balaban J connectivity index is 1.44. The van der Waals surface area contributed by atoms with Gasteiger partial charge in [-0.15, -0.1) is 5.10 Å². The van der Waals surface area contributed by atoms with Crippen LogP contribution >= 0.6 is 0 Å². The normalized spacial score (nSPS) is 28.0. The highest BCUT2D eigenvalue weighted by molar-refractivity contribution is 5.79. The molecule has 1 amide bonds. The summed E-state index contributed by atoms with van der Waals surface area (Å²) in [6.07, 6.45) is 8.20. The van der Waals surface area contributed by atoms with Crippen LogP contribution in [0.25, 0.3) is 0 Å². The minimum absolute atomic E-state index is 0.232. The Labute approximate surface area is 106 Å². The number of tetrazole rings is 1. The lowest BCUT2D eigenvalue weighted by molar-refractivity contribution is -0.126. The first-order chi connectivity index (χ1) is 8.81. The summed E-state index contributed by atoms with van der Waals surface area (Å²) >= 11 is 0. The van der Waals surface area contributed by atoms with Gasteiger partial charge in [-0.05, 0) is 54.9 Å². The Bertz CT molecular complexity index is 393. The summed E-state index contributed by atoms with van der Waals surface area (Å²) in [5, 5.41) is 14.3. The van der Waals surface area contributed by atoms with Crippen molar-refractivity contribution in [1.29, 1.82) is 0 Å². The number of nitrogens with zero attached hydrogens (tertiary/aromatic N) is 4. The van der Waals surface area contributed by atoms with Crippen LogP contribution < -0.4 is 5.32 Å². The average Bonchev–Trinajstić information content (AvgIpc) is 3.04. The number of carbonyl (C=O) groups excluding carboxylic acids is 1. The van der Waals surface area contributed by atoms with Gasteiger partial charge in [-0.1, -0.05) is 0 Å². The first kappa shape index (κ1) is 11.6. The van der Waals surface area contributed by atoms with Crippen LogP contribution in [-0.2, 0) is 11.3 Å². The molecule has 1 aromatic heterocycles. The van der Waals surface area contributed by atoms with Crippen LogP contribution in [0.1, 0.15) is 38.5 Å². The molecule has 6 heteroatoms. The molecule has 0 aliphatic heterocycles. The van der Waals surface area contributed by atoms with Crippen molar-refractivity contribution in [2.24, 2.45) is 11.8 Å². The van der Waals surface area contributed by atoms with Crippen LogP contribution in [-0.4, -0.2) is 32.2 Å². The van der Waals surface area contributed by atoms with E-state index in [4.69, 9.17) is 0 Å². The van der Waals surface area contributed by atoms with E-state index >= 15 is 0 Å². The number of nitrogens with one attached hydrogen (secondary N) is 1. The fourth-order valence-electron chi connectivity index (χ4n) is 2.68. The molecule has 1 aromatic rings. The second-order valence-corrected chi connectivity index (χ2v) is 5.53. The van der Waals surface area contributed by atoms with Crippen LogP contribution in [0, 0.1) is 11.8 Å². The summed E-state index contributed by atoms with van der Waals surface area (Å²) in [5.41, 5.74) is 0. The van der Waals surface area contributed by atoms with E-state index in [0.717, 1.165) is 32.2 Å². The number of hydrogen-bond acceptors (Lipinski definition) is 4. The van der Waals surface area contributed by atoms with Crippen LogP contribution in [0.3, 0.4) is 0 Å². The minimum atomic E-state index is 0.232. The molecule has 98 valence electrons. The number of hydrogen-bond donors (Lipinski definition) is 1. The number of aromatic nitrogens is 4. The topological polar surface area (TPSA) is 72.7 Å². The third-order valence-electron chi connectivity index (χ3n) is 3.98. The SMILES string of the molecule is O=C(NC1CC1)C1CCC(Cn2cnnn2)CC1. The first-order valence-corrected chi connectivity index (χ1v) is 6.82. The lowest BCUT2D eigenvalue weighted by Crippen LogP contribution is -2.35. The Morgan fingerprint density at radius 1 is 1.22 bits per heavy atom. The van der Waals surface area contributed by atoms with Gasteiger partial charge in [0.1, 0.15) is 6.33 Å². The van der Waals surface area contributed by atoms with E-state index < -0.39 is 0 Å². The zero-order chi connectivity index (χ0) is 12.4. The second kappa shape index (κ2) is 5.04. The maximum atomic E-state index is 11.9. The molecule has 0 saturated heterocycles. The number of rotatable bonds is 4. The maximum absolute atomic E-state index is 11.9.